The number of hydrogen-bond donors (Lipinski definition) is 0. The first-order valence-corrected chi connectivity index (χ1v) is 8.64. The van der Waals surface area contributed by atoms with Gasteiger partial charge in [-0.15, -0.1) is 0 Å². The maximum atomic E-state index is 12.1. The predicted octanol–water partition coefficient (Wildman–Crippen LogP) is 2.41. The molecular weight excluding hydrogens is 278 g/mol. The quantitative estimate of drug-likeness (QED) is 0.785. The topological polar surface area (TPSA) is 36.0 Å². The first-order chi connectivity index (χ1) is 10.3. The molecule has 0 aromatic carbocycles. The fraction of sp³-hybridized carbons (Fsp3) is 0.941. The maximum absolute atomic E-state index is 12.1. The fourth-order valence-corrected chi connectivity index (χ4v) is 3.48. The molecule has 5 heteroatoms. The van der Waals surface area contributed by atoms with Gasteiger partial charge < -0.3 is 19.4 Å². The Bertz CT molecular complexity index is 365. The van der Waals surface area contributed by atoms with E-state index in [4.69, 9.17) is 4.74 Å². The van der Waals surface area contributed by atoms with Gasteiger partial charge in [-0.05, 0) is 73.6 Å². The second kappa shape index (κ2) is 7.18. The van der Waals surface area contributed by atoms with Crippen molar-refractivity contribution in [3.8, 4) is 0 Å². The van der Waals surface area contributed by atoms with Gasteiger partial charge in [-0.1, -0.05) is 0 Å². The van der Waals surface area contributed by atoms with Crippen LogP contribution in [0.1, 0.15) is 46.5 Å². The van der Waals surface area contributed by atoms with E-state index in [0.717, 1.165) is 25.9 Å². The average Bonchev–Trinajstić information content (AvgIpc) is 2.46. The van der Waals surface area contributed by atoms with Gasteiger partial charge in [0.25, 0.3) is 0 Å². The summed E-state index contributed by atoms with van der Waals surface area (Å²) >= 11 is 0. The zero-order valence-corrected chi connectivity index (χ0v) is 15.0. The Kier molecular flexibility index (Phi) is 5.72. The van der Waals surface area contributed by atoms with E-state index in [9.17, 15) is 4.79 Å². The molecule has 0 bridgehead atoms. The average molecular weight is 311 g/mol. The van der Waals surface area contributed by atoms with E-state index in [0.29, 0.717) is 12.1 Å². The monoisotopic (exact) mass is 311 g/mol. The van der Waals surface area contributed by atoms with Crippen molar-refractivity contribution in [1.82, 2.24) is 14.7 Å². The van der Waals surface area contributed by atoms with Crippen LogP contribution in [-0.4, -0.2) is 78.8 Å². The summed E-state index contributed by atoms with van der Waals surface area (Å²) in [6.07, 6.45) is 4.48. The van der Waals surface area contributed by atoms with Crippen LogP contribution in [-0.2, 0) is 4.74 Å². The second-order valence-electron chi connectivity index (χ2n) is 7.90. The molecule has 0 radical (unpaired) electrons. The molecule has 0 aromatic heterocycles. The van der Waals surface area contributed by atoms with Crippen molar-refractivity contribution in [2.24, 2.45) is 0 Å². The number of amides is 1. The third-order valence-corrected chi connectivity index (χ3v) is 4.96. The zero-order valence-electron chi connectivity index (χ0n) is 15.0. The molecule has 2 rings (SSSR count). The molecule has 0 aliphatic carbocycles. The lowest BCUT2D eigenvalue weighted by Crippen LogP contribution is -2.51. The number of nitrogens with zero attached hydrogens (tertiary/aromatic N) is 3. The summed E-state index contributed by atoms with van der Waals surface area (Å²) in [7, 11) is 4.47. The normalized spacial score (nSPS) is 23.1. The number of rotatable bonds is 2. The summed E-state index contributed by atoms with van der Waals surface area (Å²) in [4.78, 5) is 19.0. The lowest BCUT2D eigenvalue weighted by Gasteiger charge is -2.42. The van der Waals surface area contributed by atoms with Crippen molar-refractivity contribution < 1.29 is 9.53 Å². The Morgan fingerprint density at radius 2 is 1.45 bits per heavy atom. The first kappa shape index (κ1) is 17.5. The van der Waals surface area contributed by atoms with Gasteiger partial charge in [0.05, 0.1) is 0 Å². The molecule has 22 heavy (non-hydrogen) atoms. The van der Waals surface area contributed by atoms with Crippen LogP contribution in [0.5, 0.6) is 0 Å². The van der Waals surface area contributed by atoms with Crippen molar-refractivity contribution in [1.29, 1.82) is 0 Å². The number of piperidine rings is 2. The van der Waals surface area contributed by atoms with Crippen LogP contribution in [0.4, 0.5) is 4.79 Å². The Balaban J connectivity index is 1.78. The summed E-state index contributed by atoms with van der Waals surface area (Å²) in [6.45, 7) is 9.80. The fourth-order valence-electron chi connectivity index (χ4n) is 3.48. The summed E-state index contributed by atoms with van der Waals surface area (Å²) in [6, 6.07) is 1.31. The van der Waals surface area contributed by atoms with Crippen molar-refractivity contribution in [3.05, 3.63) is 0 Å². The third kappa shape index (κ3) is 4.85. The van der Waals surface area contributed by atoms with Gasteiger partial charge >= 0.3 is 6.09 Å². The van der Waals surface area contributed by atoms with Crippen LogP contribution in [0.2, 0.25) is 0 Å². The summed E-state index contributed by atoms with van der Waals surface area (Å²) < 4.78 is 5.47. The summed E-state index contributed by atoms with van der Waals surface area (Å²) in [5.41, 5.74) is -0.404. The summed E-state index contributed by atoms with van der Waals surface area (Å²) in [5.74, 6) is 0. The van der Waals surface area contributed by atoms with Crippen LogP contribution in [0.15, 0.2) is 0 Å². The number of ether oxygens (including phenoxy) is 1. The Morgan fingerprint density at radius 1 is 1.00 bits per heavy atom. The van der Waals surface area contributed by atoms with E-state index in [-0.39, 0.29) is 6.09 Å². The molecule has 0 spiro atoms. The largest absolute Gasteiger partial charge is 0.444 e. The minimum absolute atomic E-state index is 0.159. The zero-order chi connectivity index (χ0) is 16.3. The smallest absolute Gasteiger partial charge is 0.410 e. The van der Waals surface area contributed by atoms with Gasteiger partial charge in [0.2, 0.25) is 0 Å². The van der Waals surface area contributed by atoms with Gasteiger partial charge in [-0.2, -0.15) is 0 Å². The first-order valence-electron chi connectivity index (χ1n) is 8.64. The van der Waals surface area contributed by atoms with Crippen LogP contribution in [0, 0.1) is 0 Å². The molecule has 2 aliphatic heterocycles. The highest BCUT2D eigenvalue weighted by molar-refractivity contribution is 5.68. The highest BCUT2D eigenvalue weighted by Gasteiger charge is 2.31. The lowest BCUT2D eigenvalue weighted by atomic mass is 9.97. The Hall–Kier alpha value is -0.810. The van der Waals surface area contributed by atoms with Crippen molar-refractivity contribution in [2.75, 3.05) is 40.3 Å². The molecule has 2 aliphatic rings. The summed E-state index contributed by atoms with van der Waals surface area (Å²) in [5, 5.41) is 0. The van der Waals surface area contributed by atoms with Gasteiger partial charge in [-0.3, -0.25) is 0 Å². The van der Waals surface area contributed by atoms with Crippen molar-refractivity contribution in [3.63, 3.8) is 0 Å². The molecule has 0 aromatic rings. The van der Waals surface area contributed by atoms with E-state index in [2.05, 4.69) is 23.9 Å². The highest BCUT2D eigenvalue weighted by atomic mass is 16.6. The van der Waals surface area contributed by atoms with Gasteiger partial charge in [0, 0.05) is 25.2 Å². The van der Waals surface area contributed by atoms with Crippen LogP contribution < -0.4 is 0 Å². The lowest BCUT2D eigenvalue weighted by molar-refractivity contribution is 0.0109. The Morgan fingerprint density at radius 3 is 1.91 bits per heavy atom. The van der Waals surface area contributed by atoms with Crippen LogP contribution >= 0.6 is 0 Å². The van der Waals surface area contributed by atoms with E-state index in [1.54, 1.807) is 0 Å². The molecule has 0 unspecified atom stereocenters. The van der Waals surface area contributed by atoms with Crippen LogP contribution in [0.3, 0.4) is 0 Å². The molecule has 2 heterocycles. The predicted molar refractivity (Wildman–Crippen MR) is 89.1 cm³/mol. The SMILES string of the molecule is CN1CCC(N(C)C2CCN(C(=O)OC(C)(C)C)CC2)CC1. The van der Waals surface area contributed by atoms with E-state index >= 15 is 0 Å². The molecule has 128 valence electrons. The molecular formula is C17H33N3O2. The molecule has 0 saturated carbocycles. The third-order valence-electron chi connectivity index (χ3n) is 4.96. The minimum atomic E-state index is -0.404. The van der Waals surface area contributed by atoms with E-state index in [1.165, 1.54) is 25.9 Å². The number of likely N-dealkylation sites (tertiary alicyclic amines) is 2. The van der Waals surface area contributed by atoms with Gasteiger partial charge in [0.1, 0.15) is 5.60 Å². The van der Waals surface area contributed by atoms with Gasteiger partial charge in [0.15, 0.2) is 0 Å². The minimum Gasteiger partial charge on any atom is -0.444 e. The molecule has 0 N–H and O–H groups in total. The number of carbonyl (C=O) groups is 1. The van der Waals surface area contributed by atoms with Gasteiger partial charge in [-0.25, -0.2) is 4.79 Å². The molecule has 5 nitrogen and oxygen atoms in total. The Labute approximate surface area is 135 Å². The molecule has 1 amide bonds. The van der Waals surface area contributed by atoms with E-state index < -0.39 is 5.60 Å². The second-order valence-corrected chi connectivity index (χ2v) is 7.90. The molecule has 2 fully saturated rings. The molecule has 2 saturated heterocycles. The van der Waals surface area contributed by atoms with E-state index in [1.807, 2.05) is 25.7 Å². The standard InChI is InChI=1S/C17H33N3O2/c1-17(2,3)22-16(21)20-12-8-15(9-13-20)19(5)14-6-10-18(4)11-7-14/h14-15H,6-13H2,1-5H3. The maximum Gasteiger partial charge on any atom is 0.410 e. The number of hydrogen-bond acceptors (Lipinski definition) is 4. The van der Waals surface area contributed by atoms with Crippen molar-refractivity contribution in [2.45, 2.75) is 64.1 Å². The number of carbonyl (C=O) groups excluding carboxylic acids is 1. The highest BCUT2D eigenvalue weighted by Crippen LogP contribution is 2.23. The van der Waals surface area contributed by atoms with Crippen LogP contribution in [0.25, 0.3) is 0 Å². The molecule has 0 atom stereocenters. The van der Waals surface area contributed by atoms with Crippen molar-refractivity contribution >= 4 is 6.09 Å².